The maximum atomic E-state index is 12.5. The number of methoxy groups -OCH3 is 2. The molecular formula is C19H20N4O3. The first-order chi connectivity index (χ1) is 12.7. The van der Waals surface area contributed by atoms with E-state index in [0.29, 0.717) is 30.2 Å². The molecule has 0 unspecified atom stereocenters. The van der Waals surface area contributed by atoms with Crippen LogP contribution in [0.3, 0.4) is 0 Å². The van der Waals surface area contributed by atoms with Crippen molar-refractivity contribution < 1.29 is 14.3 Å². The largest absolute Gasteiger partial charge is 0.497 e. The number of carbonyl (C=O) groups excluding carboxylic acids is 1. The Morgan fingerprint density at radius 2 is 1.85 bits per heavy atom. The van der Waals surface area contributed by atoms with Crippen LogP contribution in [0.25, 0.3) is 0 Å². The SMILES string of the molecule is COc1ccc(OC)c(C(=O)NCc2ccc(Cn3cncn3)cc2)c1. The minimum atomic E-state index is -0.215. The number of nitrogens with zero attached hydrogens (tertiary/aromatic N) is 3. The number of carbonyl (C=O) groups is 1. The number of aromatic nitrogens is 3. The van der Waals surface area contributed by atoms with Gasteiger partial charge >= 0.3 is 0 Å². The third-order valence-electron chi connectivity index (χ3n) is 3.94. The van der Waals surface area contributed by atoms with Crippen molar-refractivity contribution >= 4 is 5.91 Å². The third kappa shape index (κ3) is 4.18. The van der Waals surface area contributed by atoms with Crippen LogP contribution >= 0.6 is 0 Å². The van der Waals surface area contributed by atoms with Crippen molar-refractivity contribution in [1.29, 1.82) is 0 Å². The third-order valence-corrected chi connectivity index (χ3v) is 3.94. The molecule has 26 heavy (non-hydrogen) atoms. The predicted octanol–water partition coefficient (Wildman–Crippen LogP) is 2.27. The van der Waals surface area contributed by atoms with Gasteiger partial charge < -0.3 is 14.8 Å². The molecule has 3 aromatic rings. The van der Waals surface area contributed by atoms with Crippen molar-refractivity contribution in [2.24, 2.45) is 0 Å². The first-order valence-electron chi connectivity index (χ1n) is 8.10. The molecule has 7 nitrogen and oxygen atoms in total. The quantitative estimate of drug-likeness (QED) is 0.706. The molecule has 0 atom stereocenters. The molecule has 134 valence electrons. The van der Waals surface area contributed by atoms with Gasteiger partial charge in [-0.05, 0) is 29.3 Å². The molecule has 0 aliphatic heterocycles. The van der Waals surface area contributed by atoms with Gasteiger partial charge in [0.25, 0.3) is 5.91 Å². The Hall–Kier alpha value is -3.35. The molecule has 1 heterocycles. The topological polar surface area (TPSA) is 78.3 Å². The average Bonchev–Trinajstić information content (AvgIpc) is 3.19. The fourth-order valence-corrected chi connectivity index (χ4v) is 2.53. The van der Waals surface area contributed by atoms with E-state index in [4.69, 9.17) is 9.47 Å². The minimum Gasteiger partial charge on any atom is -0.497 e. The Morgan fingerprint density at radius 3 is 2.50 bits per heavy atom. The minimum absolute atomic E-state index is 0.215. The van der Waals surface area contributed by atoms with Gasteiger partial charge in [0, 0.05) is 6.54 Å². The van der Waals surface area contributed by atoms with Crippen LogP contribution < -0.4 is 14.8 Å². The summed E-state index contributed by atoms with van der Waals surface area (Å²) in [6, 6.07) is 13.1. The molecule has 0 fully saturated rings. The lowest BCUT2D eigenvalue weighted by Crippen LogP contribution is -2.23. The monoisotopic (exact) mass is 352 g/mol. The van der Waals surface area contributed by atoms with Gasteiger partial charge in [0.05, 0.1) is 26.3 Å². The lowest BCUT2D eigenvalue weighted by atomic mass is 10.1. The van der Waals surface area contributed by atoms with E-state index in [1.165, 1.54) is 13.4 Å². The van der Waals surface area contributed by atoms with Crippen molar-refractivity contribution in [3.63, 3.8) is 0 Å². The summed E-state index contributed by atoms with van der Waals surface area (Å²) in [6.45, 7) is 1.08. The molecule has 0 saturated heterocycles. The second-order valence-corrected chi connectivity index (χ2v) is 5.66. The van der Waals surface area contributed by atoms with E-state index in [2.05, 4.69) is 15.4 Å². The molecule has 1 amide bonds. The molecule has 0 bridgehead atoms. The zero-order chi connectivity index (χ0) is 18.4. The highest BCUT2D eigenvalue weighted by molar-refractivity contribution is 5.97. The van der Waals surface area contributed by atoms with Crippen LogP contribution in [-0.4, -0.2) is 34.9 Å². The molecule has 0 aliphatic carbocycles. The van der Waals surface area contributed by atoms with Gasteiger partial charge in [0.15, 0.2) is 0 Å². The second-order valence-electron chi connectivity index (χ2n) is 5.66. The molecular weight excluding hydrogens is 332 g/mol. The highest BCUT2D eigenvalue weighted by atomic mass is 16.5. The maximum Gasteiger partial charge on any atom is 0.255 e. The Bertz CT molecular complexity index is 861. The predicted molar refractivity (Wildman–Crippen MR) is 96.3 cm³/mol. The lowest BCUT2D eigenvalue weighted by molar-refractivity contribution is 0.0947. The van der Waals surface area contributed by atoms with Gasteiger partial charge in [-0.25, -0.2) is 9.67 Å². The zero-order valence-electron chi connectivity index (χ0n) is 14.7. The summed E-state index contributed by atoms with van der Waals surface area (Å²) in [5.74, 6) is 0.896. The molecule has 0 spiro atoms. The second kappa shape index (κ2) is 8.15. The van der Waals surface area contributed by atoms with Gasteiger partial charge in [-0.3, -0.25) is 4.79 Å². The number of hydrogen-bond donors (Lipinski definition) is 1. The van der Waals surface area contributed by atoms with Gasteiger partial charge in [-0.15, -0.1) is 0 Å². The molecule has 1 N–H and O–H groups in total. The van der Waals surface area contributed by atoms with Crippen LogP contribution in [0.2, 0.25) is 0 Å². The highest BCUT2D eigenvalue weighted by Gasteiger charge is 2.13. The summed E-state index contributed by atoms with van der Waals surface area (Å²) in [6.07, 6.45) is 3.19. The lowest BCUT2D eigenvalue weighted by Gasteiger charge is -2.11. The summed E-state index contributed by atoms with van der Waals surface area (Å²) in [4.78, 5) is 16.4. The molecule has 1 aromatic heterocycles. The van der Waals surface area contributed by atoms with Gasteiger partial charge in [-0.2, -0.15) is 5.10 Å². The number of amides is 1. The molecule has 2 aromatic carbocycles. The summed E-state index contributed by atoms with van der Waals surface area (Å²) in [7, 11) is 3.09. The van der Waals surface area contributed by atoms with Crippen LogP contribution in [0.5, 0.6) is 11.5 Å². The number of rotatable bonds is 7. The van der Waals surface area contributed by atoms with E-state index >= 15 is 0 Å². The standard InChI is InChI=1S/C19H20N4O3/c1-25-16-7-8-18(26-2)17(9-16)19(24)21-10-14-3-5-15(6-4-14)11-23-13-20-12-22-23/h3-9,12-13H,10-11H2,1-2H3,(H,21,24). The first-order valence-corrected chi connectivity index (χ1v) is 8.10. The number of nitrogens with one attached hydrogen (secondary N) is 1. The summed E-state index contributed by atoms with van der Waals surface area (Å²) in [5, 5.41) is 6.99. The van der Waals surface area contributed by atoms with E-state index < -0.39 is 0 Å². The van der Waals surface area contributed by atoms with E-state index in [0.717, 1.165) is 11.1 Å². The molecule has 0 saturated carbocycles. The Balaban J connectivity index is 1.62. The Kier molecular flexibility index (Phi) is 5.48. The smallest absolute Gasteiger partial charge is 0.255 e. The van der Waals surface area contributed by atoms with Crippen LogP contribution in [0.15, 0.2) is 55.1 Å². The van der Waals surface area contributed by atoms with Crippen molar-refractivity contribution in [1.82, 2.24) is 20.1 Å². The van der Waals surface area contributed by atoms with Gasteiger partial charge in [0.2, 0.25) is 0 Å². The highest BCUT2D eigenvalue weighted by Crippen LogP contribution is 2.23. The van der Waals surface area contributed by atoms with Crippen LogP contribution in [0, 0.1) is 0 Å². The number of benzene rings is 2. The van der Waals surface area contributed by atoms with Crippen LogP contribution in [0.4, 0.5) is 0 Å². The first kappa shape index (κ1) is 17.5. The van der Waals surface area contributed by atoms with Crippen LogP contribution in [-0.2, 0) is 13.1 Å². The summed E-state index contributed by atoms with van der Waals surface area (Å²) >= 11 is 0. The van der Waals surface area contributed by atoms with Crippen molar-refractivity contribution in [3.8, 4) is 11.5 Å². The summed E-state index contributed by atoms with van der Waals surface area (Å²) < 4.78 is 12.2. The van der Waals surface area contributed by atoms with Crippen molar-refractivity contribution in [2.75, 3.05) is 14.2 Å². The van der Waals surface area contributed by atoms with Crippen molar-refractivity contribution in [2.45, 2.75) is 13.1 Å². The van der Waals surface area contributed by atoms with Crippen LogP contribution in [0.1, 0.15) is 21.5 Å². The van der Waals surface area contributed by atoms with E-state index in [1.807, 2.05) is 24.3 Å². The van der Waals surface area contributed by atoms with Gasteiger partial charge in [-0.1, -0.05) is 24.3 Å². The Morgan fingerprint density at radius 1 is 1.08 bits per heavy atom. The fraction of sp³-hybridized carbons (Fsp3) is 0.211. The van der Waals surface area contributed by atoms with E-state index in [9.17, 15) is 4.79 Å². The molecule has 7 heteroatoms. The molecule has 0 aliphatic rings. The normalized spacial score (nSPS) is 10.4. The number of ether oxygens (including phenoxy) is 2. The number of hydrogen-bond acceptors (Lipinski definition) is 5. The maximum absolute atomic E-state index is 12.5. The fourth-order valence-electron chi connectivity index (χ4n) is 2.53. The van der Waals surface area contributed by atoms with Gasteiger partial charge in [0.1, 0.15) is 24.2 Å². The van der Waals surface area contributed by atoms with E-state index in [-0.39, 0.29) is 5.91 Å². The summed E-state index contributed by atoms with van der Waals surface area (Å²) in [5.41, 5.74) is 2.55. The molecule has 0 radical (unpaired) electrons. The average molecular weight is 352 g/mol. The molecule has 3 rings (SSSR count). The zero-order valence-corrected chi connectivity index (χ0v) is 14.7. The van der Waals surface area contributed by atoms with E-state index in [1.54, 1.807) is 36.3 Å². The Labute approximate surface area is 151 Å². The van der Waals surface area contributed by atoms with Crippen molar-refractivity contribution in [3.05, 3.63) is 71.8 Å².